The van der Waals surface area contributed by atoms with Crippen molar-refractivity contribution < 1.29 is 4.74 Å². The highest BCUT2D eigenvalue weighted by atomic mass is 35.5. The Labute approximate surface area is 120 Å². The zero-order valence-electron chi connectivity index (χ0n) is 11.4. The number of nitriles is 1. The Morgan fingerprint density at radius 3 is 2.84 bits per heavy atom. The quantitative estimate of drug-likeness (QED) is 0.747. The predicted octanol–water partition coefficient (Wildman–Crippen LogP) is 4.75. The first kappa shape index (κ1) is 14.2. The molecule has 2 atom stereocenters. The molecule has 1 fully saturated rings. The van der Waals surface area contributed by atoms with Crippen LogP contribution in [0.5, 0.6) is 5.75 Å². The molecule has 0 aromatic heterocycles. The molecule has 0 amide bonds. The molecule has 1 aromatic rings. The van der Waals surface area contributed by atoms with E-state index in [4.69, 9.17) is 16.3 Å². The summed E-state index contributed by atoms with van der Waals surface area (Å²) in [4.78, 5) is 0. The third kappa shape index (κ3) is 3.64. The highest BCUT2D eigenvalue weighted by Crippen LogP contribution is 2.29. The summed E-state index contributed by atoms with van der Waals surface area (Å²) in [7, 11) is 0. The molecule has 0 bridgehead atoms. The van der Waals surface area contributed by atoms with Gasteiger partial charge in [0.25, 0.3) is 0 Å². The first-order valence-electron chi connectivity index (χ1n) is 7.09. The smallest absolute Gasteiger partial charge is 0.120 e. The molecule has 2 nitrogen and oxygen atoms in total. The van der Waals surface area contributed by atoms with Crippen LogP contribution in [0, 0.1) is 17.2 Å². The second-order valence-electron chi connectivity index (χ2n) is 5.14. The van der Waals surface area contributed by atoms with Crippen molar-refractivity contribution in [3.8, 4) is 11.8 Å². The molecule has 1 aliphatic carbocycles. The Bertz CT molecular complexity index is 466. The second-order valence-corrected chi connectivity index (χ2v) is 5.54. The second kappa shape index (κ2) is 6.82. The standard InChI is InChI=1S/C16H20ClNO/c1-2-12-10-14(8-9-15(12)17)19-16-7-5-3-4-6-13(16)11-18/h8-10,13,16H,2-7H2,1H3. The molecule has 0 heterocycles. The van der Waals surface area contributed by atoms with E-state index in [1.165, 1.54) is 6.42 Å². The fourth-order valence-corrected chi connectivity index (χ4v) is 2.88. The van der Waals surface area contributed by atoms with Crippen molar-refractivity contribution in [2.45, 2.75) is 51.6 Å². The maximum Gasteiger partial charge on any atom is 0.120 e. The topological polar surface area (TPSA) is 33.0 Å². The zero-order chi connectivity index (χ0) is 13.7. The lowest BCUT2D eigenvalue weighted by Gasteiger charge is -2.21. The van der Waals surface area contributed by atoms with Crippen LogP contribution in [-0.4, -0.2) is 6.10 Å². The zero-order valence-corrected chi connectivity index (χ0v) is 12.1. The van der Waals surface area contributed by atoms with Crippen LogP contribution in [0.4, 0.5) is 0 Å². The summed E-state index contributed by atoms with van der Waals surface area (Å²) in [6.07, 6.45) is 6.34. The van der Waals surface area contributed by atoms with E-state index in [1.807, 2.05) is 18.2 Å². The average molecular weight is 278 g/mol. The van der Waals surface area contributed by atoms with Crippen molar-refractivity contribution in [1.82, 2.24) is 0 Å². The van der Waals surface area contributed by atoms with E-state index in [2.05, 4.69) is 13.0 Å². The molecule has 2 unspecified atom stereocenters. The number of ether oxygens (including phenoxy) is 1. The van der Waals surface area contributed by atoms with Crippen molar-refractivity contribution in [2.24, 2.45) is 5.92 Å². The number of halogens is 1. The maximum atomic E-state index is 9.26. The van der Waals surface area contributed by atoms with Crippen LogP contribution in [-0.2, 0) is 6.42 Å². The van der Waals surface area contributed by atoms with Crippen LogP contribution in [0.15, 0.2) is 18.2 Å². The van der Waals surface area contributed by atoms with Gasteiger partial charge in [-0.05, 0) is 49.4 Å². The van der Waals surface area contributed by atoms with Gasteiger partial charge >= 0.3 is 0 Å². The Balaban J connectivity index is 2.12. The Morgan fingerprint density at radius 2 is 2.11 bits per heavy atom. The fourth-order valence-electron chi connectivity index (χ4n) is 2.63. The normalized spacial score (nSPS) is 23.4. The molecule has 1 aromatic carbocycles. The van der Waals surface area contributed by atoms with Gasteiger partial charge in [-0.15, -0.1) is 0 Å². The SMILES string of the molecule is CCc1cc(OC2CCCCCC2C#N)ccc1Cl. The predicted molar refractivity (Wildman–Crippen MR) is 77.4 cm³/mol. The fraction of sp³-hybridized carbons (Fsp3) is 0.562. The molecule has 0 N–H and O–H groups in total. The first-order valence-corrected chi connectivity index (χ1v) is 7.47. The van der Waals surface area contributed by atoms with Crippen molar-refractivity contribution in [1.29, 1.82) is 5.26 Å². The highest BCUT2D eigenvalue weighted by molar-refractivity contribution is 6.31. The lowest BCUT2D eigenvalue weighted by molar-refractivity contribution is 0.152. The molecule has 1 saturated carbocycles. The summed E-state index contributed by atoms with van der Waals surface area (Å²) >= 11 is 6.11. The van der Waals surface area contributed by atoms with E-state index in [-0.39, 0.29) is 12.0 Å². The van der Waals surface area contributed by atoms with E-state index < -0.39 is 0 Å². The van der Waals surface area contributed by atoms with E-state index in [0.717, 1.165) is 48.4 Å². The minimum Gasteiger partial charge on any atom is -0.489 e. The molecule has 102 valence electrons. The van der Waals surface area contributed by atoms with Gasteiger partial charge in [0.1, 0.15) is 11.9 Å². The number of hydrogen-bond acceptors (Lipinski definition) is 2. The molecular weight excluding hydrogens is 258 g/mol. The monoisotopic (exact) mass is 277 g/mol. The molecule has 0 saturated heterocycles. The highest BCUT2D eigenvalue weighted by Gasteiger charge is 2.25. The number of nitrogens with zero attached hydrogens (tertiary/aromatic N) is 1. The molecule has 0 spiro atoms. The van der Waals surface area contributed by atoms with Crippen LogP contribution in [0.1, 0.15) is 44.6 Å². The molecule has 1 aliphatic rings. The van der Waals surface area contributed by atoms with E-state index in [0.29, 0.717) is 0 Å². The summed E-state index contributed by atoms with van der Waals surface area (Å²) in [6.45, 7) is 2.08. The third-order valence-corrected chi connectivity index (χ3v) is 4.17. The summed E-state index contributed by atoms with van der Waals surface area (Å²) < 4.78 is 6.06. The van der Waals surface area contributed by atoms with Gasteiger partial charge in [0.05, 0.1) is 12.0 Å². The number of hydrogen-bond donors (Lipinski definition) is 0. The molecule has 3 heteroatoms. The number of rotatable bonds is 3. The number of aryl methyl sites for hydroxylation is 1. The molecular formula is C16H20ClNO. The van der Waals surface area contributed by atoms with E-state index in [9.17, 15) is 5.26 Å². The van der Waals surface area contributed by atoms with Gasteiger partial charge < -0.3 is 4.74 Å². The lowest BCUT2D eigenvalue weighted by Crippen LogP contribution is -2.24. The van der Waals surface area contributed by atoms with E-state index in [1.54, 1.807) is 0 Å². The summed E-state index contributed by atoms with van der Waals surface area (Å²) in [5, 5.41) is 10.0. The van der Waals surface area contributed by atoms with Gasteiger partial charge in [-0.2, -0.15) is 5.26 Å². The largest absolute Gasteiger partial charge is 0.489 e. The average Bonchev–Trinajstić information content (AvgIpc) is 2.66. The van der Waals surface area contributed by atoms with E-state index >= 15 is 0 Å². The Kier molecular flexibility index (Phi) is 5.10. The minimum atomic E-state index is 0.0169. The molecule has 0 radical (unpaired) electrons. The van der Waals surface area contributed by atoms with Crippen LogP contribution < -0.4 is 4.74 Å². The molecule has 0 aliphatic heterocycles. The first-order chi connectivity index (χ1) is 9.24. The molecule has 19 heavy (non-hydrogen) atoms. The van der Waals surface area contributed by atoms with Crippen molar-refractivity contribution in [3.05, 3.63) is 28.8 Å². The minimum absolute atomic E-state index is 0.0169. The van der Waals surface area contributed by atoms with Crippen LogP contribution in [0.2, 0.25) is 5.02 Å². The van der Waals surface area contributed by atoms with Gasteiger partial charge in [0.2, 0.25) is 0 Å². The van der Waals surface area contributed by atoms with Crippen LogP contribution in [0.3, 0.4) is 0 Å². The maximum absolute atomic E-state index is 9.26. The Morgan fingerprint density at radius 1 is 1.32 bits per heavy atom. The summed E-state index contributed by atoms with van der Waals surface area (Å²) in [6, 6.07) is 8.19. The van der Waals surface area contributed by atoms with Crippen molar-refractivity contribution >= 4 is 11.6 Å². The van der Waals surface area contributed by atoms with Crippen molar-refractivity contribution in [2.75, 3.05) is 0 Å². The van der Waals surface area contributed by atoms with Gasteiger partial charge in [-0.1, -0.05) is 31.4 Å². The summed E-state index contributed by atoms with van der Waals surface area (Å²) in [5.74, 6) is 0.858. The Hall–Kier alpha value is -1.20. The lowest BCUT2D eigenvalue weighted by atomic mass is 9.99. The molecule has 2 rings (SSSR count). The summed E-state index contributed by atoms with van der Waals surface area (Å²) in [5.41, 5.74) is 1.10. The number of benzene rings is 1. The third-order valence-electron chi connectivity index (χ3n) is 3.80. The van der Waals surface area contributed by atoms with Gasteiger partial charge in [0, 0.05) is 5.02 Å². The van der Waals surface area contributed by atoms with Crippen molar-refractivity contribution in [3.63, 3.8) is 0 Å². The van der Waals surface area contributed by atoms with Crippen LogP contribution >= 0.6 is 11.6 Å². The van der Waals surface area contributed by atoms with Gasteiger partial charge in [-0.3, -0.25) is 0 Å². The van der Waals surface area contributed by atoms with Crippen LogP contribution in [0.25, 0.3) is 0 Å². The van der Waals surface area contributed by atoms with Gasteiger partial charge in [0.15, 0.2) is 0 Å². The van der Waals surface area contributed by atoms with Gasteiger partial charge in [-0.25, -0.2) is 0 Å².